The fraction of sp³-hybridized carbons (Fsp3) is 0.118. The summed E-state index contributed by atoms with van der Waals surface area (Å²) in [6, 6.07) is 10.3. The van der Waals surface area contributed by atoms with Gasteiger partial charge in [0.05, 0.1) is 9.92 Å². The Hall–Kier alpha value is -2.00. The van der Waals surface area contributed by atoms with Crippen LogP contribution in [0.4, 0.5) is 4.39 Å². The molecule has 1 heterocycles. The molecule has 2 aromatic carbocycles. The Bertz CT molecular complexity index is 1080. The number of nitrogens with two attached hydrogens (primary N) is 1. The number of thiophene rings is 1. The Morgan fingerprint density at radius 1 is 1.19 bits per heavy atom. The molecule has 9 heteroatoms. The fourth-order valence-electron chi connectivity index (χ4n) is 2.43. The molecule has 0 saturated heterocycles. The highest BCUT2D eigenvalue weighted by atomic mass is 35.5. The fourth-order valence-corrected chi connectivity index (χ4v) is 4.41. The van der Waals surface area contributed by atoms with Crippen molar-refractivity contribution in [2.45, 2.75) is 11.3 Å². The highest BCUT2D eigenvalue weighted by Crippen LogP contribution is 2.35. The maximum Gasteiger partial charge on any atom is 0.262 e. The number of nitrogens with one attached hydrogen (secondary N) is 1. The molecule has 0 aliphatic rings. The molecule has 0 aliphatic heterocycles. The molecule has 1 aromatic heterocycles. The van der Waals surface area contributed by atoms with E-state index in [2.05, 4.69) is 5.32 Å². The van der Waals surface area contributed by atoms with E-state index in [1.165, 1.54) is 24.3 Å². The minimum absolute atomic E-state index is 0.0366. The summed E-state index contributed by atoms with van der Waals surface area (Å²) in [6.45, 7) is 0.340. The van der Waals surface area contributed by atoms with E-state index in [1.807, 2.05) is 0 Å². The van der Waals surface area contributed by atoms with E-state index >= 15 is 0 Å². The van der Waals surface area contributed by atoms with E-state index in [0.717, 1.165) is 16.9 Å². The van der Waals surface area contributed by atoms with Crippen molar-refractivity contribution in [2.24, 2.45) is 5.14 Å². The lowest BCUT2D eigenvalue weighted by Gasteiger charge is -2.05. The van der Waals surface area contributed by atoms with Crippen molar-refractivity contribution >= 4 is 49.0 Å². The second-order valence-corrected chi connectivity index (χ2v) is 8.57. The normalized spacial score (nSPS) is 11.7. The smallest absolute Gasteiger partial charge is 0.262 e. The molecule has 136 valence electrons. The van der Waals surface area contributed by atoms with Gasteiger partial charge in [0, 0.05) is 16.6 Å². The molecule has 3 rings (SSSR count). The summed E-state index contributed by atoms with van der Waals surface area (Å²) in [6.07, 6.45) is 0.508. The number of carbonyl (C=O) groups is 1. The summed E-state index contributed by atoms with van der Waals surface area (Å²) in [5, 5.41) is 8.75. The second kappa shape index (κ2) is 7.32. The Morgan fingerprint density at radius 3 is 2.54 bits per heavy atom. The van der Waals surface area contributed by atoms with Crippen molar-refractivity contribution in [1.29, 1.82) is 0 Å². The van der Waals surface area contributed by atoms with Crippen molar-refractivity contribution in [2.75, 3.05) is 6.54 Å². The minimum Gasteiger partial charge on any atom is -0.351 e. The molecular formula is C17H14ClFN2O3S2. The third kappa shape index (κ3) is 4.04. The number of benzene rings is 2. The summed E-state index contributed by atoms with van der Waals surface area (Å²) in [4.78, 5) is 12.7. The van der Waals surface area contributed by atoms with Gasteiger partial charge in [-0.25, -0.2) is 17.9 Å². The average molecular weight is 413 g/mol. The Labute approximate surface area is 158 Å². The summed E-state index contributed by atoms with van der Waals surface area (Å²) < 4.78 is 36.3. The van der Waals surface area contributed by atoms with Crippen molar-refractivity contribution in [1.82, 2.24) is 5.32 Å². The van der Waals surface area contributed by atoms with Gasteiger partial charge in [0.15, 0.2) is 0 Å². The van der Waals surface area contributed by atoms with Crippen LogP contribution < -0.4 is 10.5 Å². The third-order valence-electron chi connectivity index (χ3n) is 3.75. The summed E-state index contributed by atoms with van der Waals surface area (Å²) in [5.41, 5.74) is 0.849. The zero-order valence-corrected chi connectivity index (χ0v) is 15.7. The molecule has 0 fully saturated rings. The SMILES string of the molecule is NS(=O)(=O)c1ccc(CCNC(=O)c2sc3cc(F)ccc3c2Cl)cc1. The number of primary sulfonamides is 1. The van der Waals surface area contributed by atoms with E-state index in [1.54, 1.807) is 18.2 Å². The largest absolute Gasteiger partial charge is 0.351 e. The molecule has 0 unspecified atom stereocenters. The predicted octanol–water partition coefficient (Wildman–Crippen LogP) is 3.31. The lowest BCUT2D eigenvalue weighted by Crippen LogP contribution is -2.25. The minimum atomic E-state index is -3.72. The number of fused-ring (bicyclic) bond motifs is 1. The summed E-state index contributed by atoms with van der Waals surface area (Å²) in [5.74, 6) is -0.719. The molecule has 0 bridgehead atoms. The van der Waals surface area contributed by atoms with Crippen LogP contribution in [-0.4, -0.2) is 20.9 Å². The summed E-state index contributed by atoms with van der Waals surface area (Å²) >= 11 is 7.35. The molecule has 0 atom stereocenters. The number of carbonyl (C=O) groups excluding carboxylic acids is 1. The monoisotopic (exact) mass is 412 g/mol. The molecule has 3 N–H and O–H groups in total. The van der Waals surface area contributed by atoms with Crippen LogP contribution in [0.3, 0.4) is 0 Å². The van der Waals surface area contributed by atoms with E-state index in [0.29, 0.717) is 33.0 Å². The van der Waals surface area contributed by atoms with Gasteiger partial charge in [-0.15, -0.1) is 11.3 Å². The molecule has 0 saturated carbocycles. The van der Waals surface area contributed by atoms with E-state index in [-0.39, 0.29) is 16.6 Å². The molecule has 1 amide bonds. The third-order valence-corrected chi connectivity index (χ3v) is 6.33. The van der Waals surface area contributed by atoms with Crippen LogP contribution in [0, 0.1) is 5.82 Å². The van der Waals surface area contributed by atoms with Crippen molar-refractivity contribution in [3.63, 3.8) is 0 Å². The van der Waals surface area contributed by atoms with Crippen LogP contribution in [0.25, 0.3) is 10.1 Å². The van der Waals surface area contributed by atoms with Crippen LogP contribution in [0.1, 0.15) is 15.2 Å². The molecular weight excluding hydrogens is 399 g/mol. The number of halogens is 2. The van der Waals surface area contributed by atoms with Gasteiger partial charge in [0.2, 0.25) is 10.0 Å². The molecule has 5 nitrogen and oxygen atoms in total. The van der Waals surface area contributed by atoms with Gasteiger partial charge >= 0.3 is 0 Å². The van der Waals surface area contributed by atoms with Gasteiger partial charge in [-0.1, -0.05) is 23.7 Å². The highest BCUT2D eigenvalue weighted by Gasteiger charge is 2.17. The van der Waals surface area contributed by atoms with Gasteiger partial charge in [-0.05, 0) is 42.3 Å². The van der Waals surface area contributed by atoms with Crippen molar-refractivity contribution in [3.05, 3.63) is 63.7 Å². The van der Waals surface area contributed by atoms with Crippen molar-refractivity contribution in [3.8, 4) is 0 Å². The van der Waals surface area contributed by atoms with Gasteiger partial charge in [0.25, 0.3) is 5.91 Å². The molecule has 3 aromatic rings. The van der Waals surface area contributed by atoms with Gasteiger partial charge < -0.3 is 5.32 Å². The number of sulfonamides is 1. The predicted molar refractivity (Wildman–Crippen MR) is 101 cm³/mol. The van der Waals surface area contributed by atoms with Crippen LogP contribution >= 0.6 is 22.9 Å². The van der Waals surface area contributed by atoms with E-state index in [4.69, 9.17) is 16.7 Å². The first-order chi connectivity index (χ1) is 12.3. The standard InChI is InChI=1S/C17H14ClFN2O3S2/c18-15-13-6-3-11(19)9-14(13)25-16(15)17(22)21-8-7-10-1-4-12(5-2-10)26(20,23)24/h1-6,9H,7-8H2,(H,21,22)(H2,20,23,24). The Kier molecular flexibility index (Phi) is 5.29. The summed E-state index contributed by atoms with van der Waals surface area (Å²) in [7, 11) is -3.72. The Morgan fingerprint density at radius 2 is 1.88 bits per heavy atom. The lowest BCUT2D eigenvalue weighted by atomic mass is 10.1. The number of hydrogen-bond donors (Lipinski definition) is 2. The number of amides is 1. The van der Waals surface area contributed by atoms with Crippen LogP contribution in [0.2, 0.25) is 5.02 Å². The van der Waals surface area contributed by atoms with E-state index in [9.17, 15) is 17.6 Å². The number of rotatable bonds is 5. The highest BCUT2D eigenvalue weighted by molar-refractivity contribution is 7.89. The zero-order valence-electron chi connectivity index (χ0n) is 13.3. The van der Waals surface area contributed by atoms with Crippen LogP contribution in [0.15, 0.2) is 47.4 Å². The van der Waals surface area contributed by atoms with E-state index < -0.39 is 10.0 Å². The topological polar surface area (TPSA) is 89.3 Å². The van der Waals surface area contributed by atoms with Crippen molar-refractivity contribution < 1.29 is 17.6 Å². The lowest BCUT2D eigenvalue weighted by molar-refractivity contribution is 0.0958. The molecule has 0 radical (unpaired) electrons. The molecule has 26 heavy (non-hydrogen) atoms. The maximum absolute atomic E-state index is 13.3. The number of hydrogen-bond acceptors (Lipinski definition) is 4. The first-order valence-corrected chi connectivity index (χ1v) is 10.3. The molecule has 0 aliphatic carbocycles. The average Bonchev–Trinajstić information content (AvgIpc) is 2.90. The Balaban J connectivity index is 1.65. The quantitative estimate of drug-likeness (QED) is 0.673. The van der Waals surface area contributed by atoms with Crippen LogP contribution in [0.5, 0.6) is 0 Å². The first-order valence-electron chi connectivity index (χ1n) is 7.53. The maximum atomic E-state index is 13.3. The zero-order chi connectivity index (χ0) is 18.9. The molecule has 0 spiro atoms. The first kappa shape index (κ1) is 18.8. The van der Waals surface area contributed by atoms with Crippen LogP contribution in [-0.2, 0) is 16.4 Å². The van der Waals surface area contributed by atoms with Gasteiger partial charge in [-0.2, -0.15) is 0 Å². The second-order valence-electron chi connectivity index (χ2n) is 5.58. The van der Waals surface area contributed by atoms with Gasteiger partial charge in [-0.3, -0.25) is 4.79 Å². The van der Waals surface area contributed by atoms with Gasteiger partial charge in [0.1, 0.15) is 10.7 Å².